The van der Waals surface area contributed by atoms with Gasteiger partial charge < -0.3 is 9.84 Å². The van der Waals surface area contributed by atoms with Gasteiger partial charge in [0.25, 0.3) is 11.8 Å². The molecular weight excluding hydrogens is 647 g/mol. The van der Waals surface area contributed by atoms with E-state index in [9.17, 15) is 24.3 Å². The van der Waals surface area contributed by atoms with Gasteiger partial charge in [0, 0.05) is 17.4 Å². The topological polar surface area (TPSA) is 104 Å². The second-order valence-corrected chi connectivity index (χ2v) is 13.1. The summed E-state index contributed by atoms with van der Waals surface area (Å²) in [5.74, 6) is -5.54. The zero-order chi connectivity index (χ0) is 28.9. The normalized spacial score (nSPS) is 33.1. The number of ether oxygens (including phenoxy) is 1. The highest BCUT2D eigenvalue weighted by Crippen LogP contribution is 2.65. The molecular formula is C28H22BrCl3N2O6. The van der Waals surface area contributed by atoms with Gasteiger partial charge in [-0.25, -0.2) is 0 Å². The molecule has 8 nitrogen and oxygen atoms in total. The van der Waals surface area contributed by atoms with Gasteiger partial charge in [-0.05, 0) is 60.7 Å². The van der Waals surface area contributed by atoms with E-state index < -0.39 is 51.1 Å². The van der Waals surface area contributed by atoms with Crippen LogP contribution in [0.4, 0.5) is 5.69 Å². The lowest BCUT2D eigenvalue weighted by Crippen LogP contribution is -2.60. The highest BCUT2D eigenvalue weighted by atomic mass is 79.9. The maximum atomic E-state index is 14.0. The minimum atomic E-state index is -1.96. The summed E-state index contributed by atoms with van der Waals surface area (Å²) in [5, 5.41) is 10.3. The van der Waals surface area contributed by atoms with Crippen molar-refractivity contribution in [1.29, 1.82) is 0 Å². The number of nitrogens with zero attached hydrogens (tertiary/aromatic N) is 2. The van der Waals surface area contributed by atoms with Gasteiger partial charge in [-0.2, -0.15) is 0 Å². The van der Waals surface area contributed by atoms with Gasteiger partial charge in [-0.3, -0.25) is 29.0 Å². The number of amides is 4. The number of rotatable bonds is 3. The van der Waals surface area contributed by atoms with Crippen molar-refractivity contribution in [3.8, 4) is 11.5 Å². The molecule has 0 radical (unpaired) electrons. The smallest absolute Gasteiger partial charge is 0.253 e. The van der Waals surface area contributed by atoms with Crippen LogP contribution in [0.1, 0.15) is 24.3 Å². The number of hydrogen-bond acceptors (Lipinski definition) is 6. The first-order valence-corrected chi connectivity index (χ1v) is 14.4. The monoisotopic (exact) mass is 666 g/mol. The van der Waals surface area contributed by atoms with Gasteiger partial charge in [0.15, 0.2) is 21.2 Å². The van der Waals surface area contributed by atoms with Gasteiger partial charge in [0.1, 0.15) is 0 Å². The fraction of sp³-hybridized carbons (Fsp3) is 0.357. The Morgan fingerprint density at radius 2 is 1.70 bits per heavy atom. The molecule has 0 aromatic heterocycles. The number of halogens is 4. The number of aromatic hydroxyl groups is 1. The largest absolute Gasteiger partial charge is 0.503 e. The van der Waals surface area contributed by atoms with Crippen molar-refractivity contribution < 1.29 is 29.0 Å². The lowest BCUT2D eigenvalue weighted by molar-refractivity contribution is -0.138. The first-order valence-electron chi connectivity index (χ1n) is 12.5. The molecule has 2 aromatic carbocycles. The van der Waals surface area contributed by atoms with Crippen LogP contribution in [0.2, 0.25) is 5.02 Å². The average molecular weight is 669 g/mol. The molecule has 6 rings (SSSR count). The van der Waals surface area contributed by atoms with E-state index in [0.717, 1.165) is 9.37 Å². The van der Waals surface area contributed by atoms with Crippen LogP contribution >= 0.6 is 50.7 Å². The van der Waals surface area contributed by atoms with Crippen LogP contribution in [-0.4, -0.2) is 57.5 Å². The lowest BCUT2D eigenvalue weighted by atomic mass is 9.56. The lowest BCUT2D eigenvalue weighted by Gasteiger charge is -2.50. The molecule has 3 fully saturated rings. The number of benzene rings is 2. The number of alkyl halides is 2. The molecule has 2 aliphatic carbocycles. The van der Waals surface area contributed by atoms with E-state index in [0.29, 0.717) is 16.8 Å². The van der Waals surface area contributed by atoms with Crippen molar-refractivity contribution in [1.82, 2.24) is 4.90 Å². The molecule has 0 bridgehead atoms. The van der Waals surface area contributed by atoms with Crippen LogP contribution in [0, 0.1) is 17.8 Å². The minimum absolute atomic E-state index is 0.0398. The van der Waals surface area contributed by atoms with Crippen LogP contribution in [-0.2, 0) is 19.2 Å². The van der Waals surface area contributed by atoms with Crippen LogP contribution in [0.15, 0.2) is 52.5 Å². The Balaban J connectivity index is 1.53. The highest BCUT2D eigenvalue weighted by molar-refractivity contribution is 9.10. The quantitative estimate of drug-likeness (QED) is 0.280. The first-order chi connectivity index (χ1) is 18.9. The molecule has 6 unspecified atom stereocenters. The molecule has 0 spiro atoms. The number of hydrogen-bond donors (Lipinski definition) is 1. The third kappa shape index (κ3) is 3.44. The molecule has 208 valence electrons. The van der Waals surface area contributed by atoms with Crippen molar-refractivity contribution in [3.63, 3.8) is 0 Å². The second kappa shape index (κ2) is 9.21. The Bertz CT molecular complexity index is 1550. The van der Waals surface area contributed by atoms with Crippen molar-refractivity contribution in [3.05, 3.63) is 63.1 Å². The summed E-state index contributed by atoms with van der Waals surface area (Å²) in [4.78, 5) is 53.0. The molecule has 40 heavy (non-hydrogen) atoms. The summed E-state index contributed by atoms with van der Waals surface area (Å²) in [6, 6.07) is 9.80. The van der Waals surface area contributed by atoms with Crippen LogP contribution in [0.25, 0.3) is 0 Å². The van der Waals surface area contributed by atoms with Gasteiger partial charge in [-0.1, -0.05) is 39.2 Å². The van der Waals surface area contributed by atoms with E-state index in [1.54, 1.807) is 24.3 Å². The van der Waals surface area contributed by atoms with Crippen LogP contribution < -0.4 is 9.64 Å². The number of phenolic OH excluding ortho intramolecular Hbond substituents is 1. The number of allylic oxidation sites excluding steroid dienone is 2. The van der Waals surface area contributed by atoms with E-state index in [1.807, 2.05) is 6.08 Å². The predicted octanol–water partition coefficient (Wildman–Crippen LogP) is 5.01. The molecule has 1 saturated carbocycles. The maximum absolute atomic E-state index is 14.0. The second-order valence-electron chi connectivity index (χ2n) is 10.5. The van der Waals surface area contributed by atoms with Gasteiger partial charge in [0.05, 0.1) is 29.7 Å². The summed E-state index contributed by atoms with van der Waals surface area (Å²) in [5.41, 5.74) is 1.44. The van der Waals surface area contributed by atoms with Crippen molar-refractivity contribution in [2.45, 2.75) is 28.5 Å². The number of phenols is 1. The summed E-state index contributed by atoms with van der Waals surface area (Å²) >= 11 is 24.0. The minimum Gasteiger partial charge on any atom is -0.503 e. The van der Waals surface area contributed by atoms with E-state index in [4.69, 9.17) is 39.5 Å². The van der Waals surface area contributed by atoms with E-state index >= 15 is 0 Å². The number of anilines is 1. The Hall–Kier alpha value is -2.59. The summed E-state index contributed by atoms with van der Waals surface area (Å²) in [6.45, 7) is 0. The molecule has 2 aliphatic heterocycles. The molecule has 2 aromatic rings. The zero-order valence-corrected chi connectivity index (χ0v) is 25.0. The Kier molecular flexibility index (Phi) is 6.35. The standard InChI is InChI=1S/C28H22BrCl3N2O6/c1-33-25(38)27(31)11-17-15(21(28(27,32)26(33)39)12-9-18(30)22(35)19(10-12)40-2)7-8-16-20(17)24(37)34(23(16)36)14-5-3-13(29)4-6-14/h3-7,9-10,16-17,20-21,35H,8,11H2,1-2H3. The van der Waals surface area contributed by atoms with E-state index in [-0.39, 0.29) is 35.3 Å². The third-order valence-electron chi connectivity index (χ3n) is 8.70. The number of fused-ring (bicyclic) bond motifs is 4. The fourth-order valence-corrected chi connectivity index (χ4v) is 8.38. The zero-order valence-electron chi connectivity index (χ0n) is 21.2. The fourth-order valence-electron chi connectivity index (χ4n) is 6.88. The Morgan fingerprint density at radius 1 is 1.02 bits per heavy atom. The van der Waals surface area contributed by atoms with Crippen molar-refractivity contribution in [2.24, 2.45) is 17.8 Å². The number of likely N-dealkylation sites (tertiary alicyclic amines) is 1. The average Bonchev–Trinajstić information content (AvgIpc) is 3.25. The summed E-state index contributed by atoms with van der Waals surface area (Å²) < 4.78 is 6.10. The molecule has 12 heteroatoms. The third-order valence-corrected chi connectivity index (χ3v) is 10.9. The molecule has 2 saturated heterocycles. The van der Waals surface area contributed by atoms with Crippen molar-refractivity contribution >= 4 is 80.0 Å². The molecule has 4 aliphatic rings. The van der Waals surface area contributed by atoms with Crippen LogP contribution in [0.5, 0.6) is 11.5 Å². The number of methoxy groups -OCH3 is 1. The van der Waals surface area contributed by atoms with Gasteiger partial charge >= 0.3 is 0 Å². The SMILES string of the molecule is COc1cc(C2C3=CCC4C(=O)N(c5ccc(Br)cc5)C(=O)C4C3CC3(Cl)C(=O)N(C)C(=O)C23Cl)cc(Cl)c1O. The molecule has 6 atom stereocenters. The van der Waals surface area contributed by atoms with Crippen LogP contribution in [0.3, 0.4) is 0 Å². The summed E-state index contributed by atoms with van der Waals surface area (Å²) in [7, 11) is 2.67. The Morgan fingerprint density at radius 3 is 2.35 bits per heavy atom. The summed E-state index contributed by atoms with van der Waals surface area (Å²) in [6.07, 6.45) is 1.94. The maximum Gasteiger partial charge on any atom is 0.253 e. The predicted molar refractivity (Wildman–Crippen MR) is 152 cm³/mol. The number of carbonyl (C=O) groups is 4. The Labute approximate surface area is 252 Å². The van der Waals surface area contributed by atoms with Gasteiger partial charge in [-0.15, -0.1) is 23.2 Å². The highest BCUT2D eigenvalue weighted by Gasteiger charge is 2.76. The number of carbonyl (C=O) groups excluding carboxylic acids is 4. The molecule has 4 amide bonds. The molecule has 2 heterocycles. The first kappa shape index (κ1) is 27.6. The number of imide groups is 2. The van der Waals surface area contributed by atoms with E-state index in [2.05, 4.69) is 15.9 Å². The van der Waals surface area contributed by atoms with E-state index in [1.165, 1.54) is 31.2 Å². The van der Waals surface area contributed by atoms with Crippen molar-refractivity contribution in [2.75, 3.05) is 19.1 Å². The molecule has 1 N–H and O–H groups in total. The van der Waals surface area contributed by atoms with Gasteiger partial charge in [0.2, 0.25) is 11.8 Å².